The van der Waals surface area contributed by atoms with Crippen LogP contribution in [0, 0.1) is 11.6 Å². The van der Waals surface area contributed by atoms with Crippen LogP contribution in [-0.2, 0) is 10.0 Å². The highest BCUT2D eigenvalue weighted by Gasteiger charge is 2.31. The fraction of sp³-hybridized carbons (Fsp3) is 0.263. The summed E-state index contributed by atoms with van der Waals surface area (Å²) >= 11 is 4.57. The topological polar surface area (TPSA) is 63.2 Å². The molecule has 0 N–H and O–H groups in total. The number of nitrogens with zero attached hydrogens (tertiary/aromatic N) is 3. The molecule has 0 amide bonds. The molecule has 2 aromatic carbocycles. The lowest BCUT2D eigenvalue weighted by molar-refractivity contribution is 0.318. The van der Waals surface area contributed by atoms with Crippen LogP contribution < -0.4 is 0 Å². The summed E-state index contributed by atoms with van der Waals surface area (Å²) in [6.45, 7) is 0.756. The zero-order valence-electron chi connectivity index (χ0n) is 15.1. The van der Waals surface area contributed by atoms with Crippen molar-refractivity contribution in [3.8, 4) is 10.6 Å². The van der Waals surface area contributed by atoms with Crippen molar-refractivity contribution in [3.05, 3.63) is 63.6 Å². The van der Waals surface area contributed by atoms with Crippen molar-refractivity contribution in [2.75, 3.05) is 13.1 Å². The zero-order chi connectivity index (χ0) is 20.6. The van der Waals surface area contributed by atoms with E-state index in [0.29, 0.717) is 30.9 Å². The number of hydrogen-bond donors (Lipinski definition) is 0. The van der Waals surface area contributed by atoms with Gasteiger partial charge >= 0.3 is 0 Å². The number of benzene rings is 2. The molecule has 10 heteroatoms. The van der Waals surface area contributed by atoms with Gasteiger partial charge in [0.15, 0.2) is 5.01 Å². The molecule has 4 rings (SSSR count). The van der Waals surface area contributed by atoms with Crippen LogP contribution in [0.3, 0.4) is 0 Å². The van der Waals surface area contributed by atoms with Gasteiger partial charge in [0, 0.05) is 35.1 Å². The van der Waals surface area contributed by atoms with Crippen molar-refractivity contribution < 1.29 is 17.2 Å². The minimum atomic E-state index is -3.54. The van der Waals surface area contributed by atoms with Gasteiger partial charge in [-0.1, -0.05) is 27.3 Å². The van der Waals surface area contributed by atoms with Crippen LogP contribution in [0.1, 0.15) is 23.8 Å². The van der Waals surface area contributed by atoms with Gasteiger partial charge in [-0.05, 0) is 49.2 Å². The van der Waals surface area contributed by atoms with Gasteiger partial charge in [-0.2, -0.15) is 4.31 Å². The predicted octanol–water partition coefficient (Wildman–Crippen LogP) is 4.81. The van der Waals surface area contributed by atoms with Crippen LogP contribution in [-0.4, -0.2) is 36.0 Å². The average molecular weight is 500 g/mol. The van der Waals surface area contributed by atoms with E-state index >= 15 is 0 Å². The molecule has 3 aromatic rings. The van der Waals surface area contributed by atoms with E-state index in [1.165, 1.54) is 27.8 Å². The van der Waals surface area contributed by atoms with E-state index in [2.05, 4.69) is 26.1 Å². The molecule has 1 saturated heterocycles. The van der Waals surface area contributed by atoms with E-state index in [-0.39, 0.29) is 16.4 Å². The number of halogens is 3. The molecule has 0 atom stereocenters. The Labute approximate surface area is 179 Å². The SMILES string of the molecule is O=S(=O)(c1ccc(Br)cc1)N1CCC(c2nnc(-c3ccc(F)cc3F)s2)CC1. The highest BCUT2D eigenvalue weighted by atomic mass is 79.9. The standard InChI is InChI=1S/C19H16BrF2N3O2S2/c20-13-1-4-15(5-2-13)29(26,27)25-9-7-12(8-10-25)18-23-24-19(28-18)16-6-3-14(21)11-17(16)22/h1-6,11-12H,7-10H2. The number of aromatic nitrogens is 2. The molecule has 1 fully saturated rings. The Hall–Kier alpha value is -1.75. The van der Waals surface area contributed by atoms with Gasteiger partial charge in [0.2, 0.25) is 10.0 Å². The zero-order valence-corrected chi connectivity index (χ0v) is 18.3. The van der Waals surface area contributed by atoms with Crippen molar-refractivity contribution in [2.45, 2.75) is 23.7 Å². The third-order valence-electron chi connectivity index (χ3n) is 4.86. The molecular weight excluding hydrogens is 484 g/mol. The summed E-state index contributed by atoms with van der Waals surface area (Å²) in [4.78, 5) is 0.268. The van der Waals surface area contributed by atoms with Gasteiger partial charge in [0.1, 0.15) is 16.6 Å². The van der Waals surface area contributed by atoms with E-state index < -0.39 is 21.7 Å². The summed E-state index contributed by atoms with van der Waals surface area (Å²) < 4.78 is 55.0. The second-order valence-corrected chi connectivity index (χ2v) is 10.6. The van der Waals surface area contributed by atoms with Crippen molar-refractivity contribution in [1.82, 2.24) is 14.5 Å². The fourth-order valence-electron chi connectivity index (χ4n) is 3.27. The van der Waals surface area contributed by atoms with Crippen LogP contribution in [0.15, 0.2) is 51.8 Å². The molecule has 0 unspecified atom stereocenters. The van der Waals surface area contributed by atoms with Crippen molar-refractivity contribution in [2.24, 2.45) is 0 Å². The maximum Gasteiger partial charge on any atom is 0.243 e. The first-order valence-corrected chi connectivity index (χ1v) is 11.9. The molecule has 1 aromatic heterocycles. The molecule has 2 heterocycles. The van der Waals surface area contributed by atoms with Crippen molar-refractivity contribution in [1.29, 1.82) is 0 Å². The number of rotatable bonds is 4. The number of hydrogen-bond acceptors (Lipinski definition) is 5. The highest BCUT2D eigenvalue weighted by Crippen LogP contribution is 2.35. The minimum Gasteiger partial charge on any atom is -0.207 e. The number of sulfonamides is 1. The van der Waals surface area contributed by atoms with Crippen LogP contribution in [0.2, 0.25) is 0 Å². The van der Waals surface area contributed by atoms with Crippen LogP contribution >= 0.6 is 27.3 Å². The third-order valence-corrected chi connectivity index (χ3v) is 8.42. The Morgan fingerprint density at radius 2 is 1.72 bits per heavy atom. The molecule has 0 saturated carbocycles. The van der Waals surface area contributed by atoms with E-state index in [0.717, 1.165) is 15.5 Å². The first-order valence-electron chi connectivity index (χ1n) is 8.89. The first kappa shape index (κ1) is 20.5. The summed E-state index contributed by atoms with van der Waals surface area (Å²) in [5, 5.41) is 9.35. The van der Waals surface area contributed by atoms with Crippen LogP contribution in [0.25, 0.3) is 10.6 Å². The van der Waals surface area contributed by atoms with E-state index in [1.54, 1.807) is 24.3 Å². The van der Waals surface area contributed by atoms with Gasteiger partial charge < -0.3 is 0 Å². The molecule has 1 aliphatic heterocycles. The lowest BCUT2D eigenvalue weighted by Crippen LogP contribution is -2.37. The Balaban J connectivity index is 1.46. The highest BCUT2D eigenvalue weighted by molar-refractivity contribution is 9.10. The van der Waals surface area contributed by atoms with Crippen molar-refractivity contribution in [3.63, 3.8) is 0 Å². The lowest BCUT2D eigenvalue weighted by atomic mass is 9.99. The van der Waals surface area contributed by atoms with Gasteiger partial charge in [-0.25, -0.2) is 17.2 Å². The summed E-state index contributed by atoms with van der Waals surface area (Å²) in [7, 11) is -3.54. The summed E-state index contributed by atoms with van der Waals surface area (Å²) in [5.41, 5.74) is 0.213. The minimum absolute atomic E-state index is 0.0566. The third kappa shape index (κ3) is 4.25. The molecule has 5 nitrogen and oxygen atoms in total. The smallest absolute Gasteiger partial charge is 0.207 e. The van der Waals surface area contributed by atoms with E-state index in [9.17, 15) is 17.2 Å². The van der Waals surface area contributed by atoms with Gasteiger partial charge in [-0.3, -0.25) is 0 Å². The monoisotopic (exact) mass is 499 g/mol. The van der Waals surface area contributed by atoms with Gasteiger partial charge in [0.05, 0.1) is 4.90 Å². The van der Waals surface area contributed by atoms with E-state index in [4.69, 9.17) is 0 Å². The fourth-order valence-corrected chi connectivity index (χ4v) is 6.04. The molecule has 0 aliphatic carbocycles. The van der Waals surface area contributed by atoms with E-state index in [1.807, 2.05) is 0 Å². The molecule has 29 heavy (non-hydrogen) atoms. The number of piperidine rings is 1. The van der Waals surface area contributed by atoms with Crippen molar-refractivity contribution >= 4 is 37.3 Å². The second kappa shape index (κ2) is 8.17. The van der Waals surface area contributed by atoms with Crippen LogP contribution in [0.4, 0.5) is 8.78 Å². The largest absolute Gasteiger partial charge is 0.243 e. The molecule has 0 bridgehead atoms. The lowest BCUT2D eigenvalue weighted by Gasteiger charge is -2.30. The summed E-state index contributed by atoms with van der Waals surface area (Å²) in [6.07, 6.45) is 1.21. The molecule has 0 spiro atoms. The van der Waals surface area contributed by atoms with Crippen LogP contribution in [0.5, 0.6) is 0 Å². The maximum atomic E-state index is 14.0. The maximum absolute atomic E-state index is 14.0. The predicted molar refractivity (Wildman–Crippen MR) is 110 cm³/mol. The Morgan fingerprint density at radius 1 is 1.03 bits per heavy atom. The normalized spacial score (nSPS) is 16.2. The Kier molecular flexibility index (Phi) is 5.78. The molecular formula is C19H16BrF2N3O2S2. The molecule has 1 aliphatic rings. The summed E-state index contributed by atoms with van der Waals surface area (Å²) in [5.74, 6) is -1.26. The molecule has 152 valence electrons. The van der Waals surface area contributed by atoms with Gasteiger partial charge in [-0.15, -0.1) is 10.2 Å². The summed E-state index contributed by atoms with van der Waals surface area (Å²) in [6, 6.07) is 9.93. The first-order chi connectivity index (χ1) is 13.8. The second-order valence-electron chi connectivity index (χ2n) is 6.70. The Bertz CT molecular complexity index is 1130. The van der Waals surface area contributed by atoms with Gasteiger partial charge in [0.25, 0.3) is 0 Å². The Morgan fingerprint density at radius 3 is 2.38 bits per heavy atom. The quantitative estimate of drug-likeness (QED) is 0.516. The molecule has 0 radical (unpaired) electrons. The average Bonchev–Trinajstić information content (AvgIpc) is 3.18.